The van der Waals surface area contributed by atoms with Crippen LogP contribution in [0.25, 0.3) is 11.4 Å². The molecule has 0 atom stereocenters. The molecule has 0 aromatic carbocycles. The minimum absolute atomic E-state index is 0.0161. The molecule has 0 aliphatic carbocycles. The van der Waals surface area contributed by atoms with E-state index in [1.54, 1.807) is 23.7 Å². The fourth-order valence-corrected chi connectivity index (χ4v) is 3.64. The number of rotatable bonds is 3. The standard InChI is InChI=1S/C17H16N4OS/c22-17-14-5-8-21(10-13-2-1-9-23-13)11-15(14)19-16(20-17)12-3-6-18-7-4-12/h1-4,6-7,9H,5,8,10-11H2,(H,19,20,22). The topological polar surface area (TPSA) is 61.9 Å². The molecule has 0 saturated heterocycles. The number of pyridine rings is 1. The molecule has 1 N–H and O–H groups in total. The molecule has 5 nitrogen and oxygen atoms in total. The summed E-state index contributed by atoms with van der Waals surface area (Å²) in [5, 5.41) is 2.09. The first-order valence-corrected chi connectivity index (χ1v) is 8.45. The summed E-state index contributed by atoms with van der Waals surface area (Å²) < 4.78 is 0. The van der Waals surface area contributed by atoms with Crippen LogP contribution in [-0.2, 0) is 19.5 Å². The van der Waals surface area contributed by atoms with Crippen LogP contribution in [0, 0.1) is 0 Å². The molecule has 1 aliphatic rings. The number of thiophene rings is 1. The molecular weight excluding hydrogens is 308 g/mol. The second-order valence-corrected chi connectivity index (χ2v) is 6.65. The Kier molecular flexibility index (Phi) is 3.77. The number of nitrogens with one attached hydrogen (secondary N) is 1. The third-order valence-corrected chi connectivity index (χ3v) is 4.93. The molecule has 4 heterocycles. The van der Waals surface area contributed by atoms with Gasteiger partial charge < -0.3 is 4.98 Å². The normalized spacial score (nSPS) is 14.6. The Morgan fingerprint density at radius 2 is 2.13 bits per heavy atom. The Balaban J connectivity index is 1.64. The molecule has 0 bridgehead atoms. The van der Waals surface area contributed by atoms with Crippen LogP contribution >= 0.6 is 11.3 Å². The summed E-state index contributed by atoms with van der Waals surface area (Å²) in [7, 11) is 0. The molecule has 0 saturated carbocycles. The van der Waals surface area contributed by atoms with E-state index in [2.05, 4.69) is 32.4 Å². The minimum Gasteiger partial charge on any atom is -0.306 e. The molecule has 116 valence electrons. The van der Waals surface area contributed by atoms with Crippen molar-refractivity contribution in [2.24, 2.45) is 0 Å². The maximum Gasteiger partial charge on any atom is 0.254 e. The minimum atomic E-state index is -0.0161. The van der Waals surface area contributed by atoms with Crippen LogP contribution in [0.5, 0.6) is 0 Å². The fourth-order valence-electron chi connectivity index (χ4n) is 2.90. The van der Waals surface area contributed by atoms with E-state index in [0.29, 0.717) is 5.82 Å². The van der Waals surface area contributed by atoms with Gasteiger partial charge in [-0.05, 0) is 30.0 Å². The van der Waals surface area contributed by atoms with E-state index in [9.17, 15) is 4.79 Å². The highest BCUT2D eigenvalue weighted by molar-refractivity contribution is 7.09. The van der Waals surface area contributed by atoms with Gasteiger partial charge in [-0.15, -0.1) is 11.3 Å². The van der Waals surface area contributed by atoms with Gasteiger partial charge in [0, 0.05) is 48.0 Å². The van der Waals surface area contributed by atoms with E-state index in [-0.39, 0.29) is 5.56 Å². The summed E-state index contributed by atoms with van der Waals surface area (Å²) in [5.74, 6) is 0.620. The molecule has 3 aromatic rings. The fraction of sp³-hybridized carbons (Fsp3) is 0.235. The summed E-state index contributed by atoms with van der Waals surface area (Å²) in [6, 6.07) is 7.93. The Bertz CT molecular complexity index is 858. The average Bonchev–Trinajstić information content (AvgIpc) is 3.08. The highest BCUT2D eigenvalue weighted by Crippen LogP contribution is 2.20. The molecule has 6 heteroatoms. The van der Waals surface area contributed by atoms with Gasteiger partial charge in [0.2, 0.25) is 0 Å². The number of aromatic nitrogens is 3. The summed E-state index contributed by atoms with van der Waals surface area (Å²) in [6.45, 7) is 2.52. The van der Waals surface area contributed by atoms with Crippen LogP contribution in [0.2, 0.25) is 0 Å². The summed E-state index contributed by atoms with van der Waals surface area (Å²) >= 11 is 1.76. The quantitative estimate of drug-likeness (QED) is 0.804. The van der Waals surface area contributed by atoms with Crippen molar-refractivity contribution in [3.05, 3.63) is 68.5 Å². The maximum absolute atomic E-state index is 12.4. The van der Waals surface area contributed by atoms with Gasteiger partial charge in [0.25, 0.3) is 5.56 Å². The zero-order valence-electron chi connectivity index (χ0n) is 12.5. The smallest absolute Gasteiger partial charge is 0.254 e. The number of hydrogen-bond acceptors (Lipinski definition) is 5. The van der Waals surface area contributed by atoms with E-state index >= 15 is 0 Å². The van der Waals surface area contributed by atoms with Gasteiger partial charge in [0.05, 0.1) is 5.69 Å². The van der Waals surface area contributed by atoms with E-state index in [1.807, 2.05) is 12.1 Å². The highest BCUT2D eigenvalue weighted by atomic mass is 32.1. The zero-order valence-corrected chi connectivity index (χ0v) is 13.3. The second kappa shape index (κ2) is 6.06. The lowest BCUT2D eigenvalue weighted by molar-refractivity contribution is 0.242. The summed E-state index contributed by atoms with van der Waals surface area (Å²) in [4.78, 5) is 27.6. The van der Waals surface area contributed by atoms with Crippen molar-refractivity contribution in [3.8, 4) is 11.4 Å². The first kappa shape index (κ1) is 14.3. The number of aromatic amines is 1. The maximum atomic E-state index is 12.4. The van der Waals surface area contributed by atoms with Crippen molar-refractivity contribution in [1.29, 1.82) is 0 Å². The van der Waals surface area contributed by atoms with E-state index in [0.717, 1.165) is 42.9 Å². The third-order valence-electron chi connectivity index (χ3n) is 4.07. The molecule has 4 rings (SSSR count). The van der Waals surface area contributed by atoms with E-state index in [1.165, 1.54) is 4.88 Å². The SMILES string of the molecule is O=c1[nH]c(-c2ccncc2)nc2c1CCN(Cc1cccs1)C2. The van der Waals surface area contributed by atoms with Gasteiger partial charge in [-0.2, -0.15) is 0 Å². The lowest BCUT2D eigenvalue weighted by Crippen LogP contribution is -2.34. The van der Waals surface area contributed by atoms with E-state index < -0.39 is 0 Å². The van der Waals surface area contributed by atoms with Crippen LogP contribution < -0.4 is 5.56 Å². The van der Waals surface area contributed by atoms with Gasteiger partial charge in [0.15, 0.2) is 0 Å². The highest BCUT2D eigenvalue weighted by Gasteiger charge is 2.21. The Hall–Kier alpha value is -2.31. The van der Waals surface area contributed by atoms with Crippen molar-refractivity contribution in [2.75, 3.05) is 6.54 Å². The lowest BCUT2D eigenvalue weighted by Gasteiger charge is -2.27. The van der Waals surface area contributed by atoms with Crippen LogP contribution in [0.4, 0.5) is 0 Å². The molecule has 0 spiro atoms. The number of nitrogens with zero attached hydrogens (tertiary/aromatic N) is 3. The predicted molar refractivity (Wildman–Crippen MR) is 90.2 cm³/mol. The van der Waals surface area contributed by atoms with Crippen LogP contribution in [-0.4, -0.2) is 26.4 Å². The van der Waals surface area contributed by atoms with Crippen LogP contribution in [0.1, 0.15) is 16.1 Å². The molecule has 0 fully saturated rings. The van der Waals surface area contributed by atoms with Crippen molar-refractivity contribution in [3.63, 3.8) is 0 Å². The average molecular weight is 324 g/mol. The lowest BCUT2D eigenvalue weighted by atomic mass is 10.1. The van der Waals surface area contributed by atoms with Gasteiger partial charge in [0.1, 0.15) is 5.82 Å². The van der Waals surface area contributed by atoms with Gasteiger partial charge in [-0.25, -0.2) is 4.98 Å². The zero-order chi connectivity index (χ0) is 15.6. The van der Waals surface area contributed by atoms with Gasteiger partial charge >= 0.3 is 0 Å². The second-order valence-electron chi connectivity index (χ2n) is 5.62. The molecule has 23 heavy (non-hydrogen) atoms. The molecular formula is C17H16N4OS. The van der Waals surface area contributed by atoms with Crippen molar-refractivity contribution in [2.45, 2.75) is 19.5 Å². The molecule has 0 amide bonds. The van der Waals surface area contributed by atoms with Crippen molar-refractivity contribution < 1.29 is 0 Å². The Morgan fingerprint density at radius 3 is 2.91 bits per heavy atom. The molecule has 0 radical (unpaired) electrons. The van der Waals surface area contributed by atoms with Gasteiger partial charge in [-0.1, -0.05) is 6.07 Å². The first-order chi connectivity index (χ1) is 11.3. The van der Waals surface area contributed by atoms with E-state index in [4.69, 9.17) is 4.98 Å². The largest absolute Gasteiger partial charge is 0.306 e. The summed E-state index contributed by atoms with van der Waals surface area (Å²) in [5.41, 5.74) is 2.58. The third kappa shape index (κ3) is 2.95. The molecule has 0 unspecified atom stereocenters. The molecule has 3 aromatic heterocycles. The van der Waals surface area contributed by atoms with Crippen LogP contribution in [0.15, 0.2) is 46.8 Å². The van der Waals surface area contributed by atoms with Crippen LogP contribution in [0.3, 0.4) is 0 Å². The molecule has 1 aliphatic heterocycles. The van der Waals surface area contributed by atoms with Gasteiger partial charge in [-0.3, -0.25) is 14.7 Å². The van der Waals surface area contributed by atoms with Crippen molar-refractivity contribution >= 4 is 11.3 Å². The Labute approximate surface area is 137 Å². The number of H-pyrrole nitrogens is 1. The predicted octanol–water partition coefficient (Wildman–Crippen LogP) is 2.45. The Morgan fingerprint density at radius 1 is 1.26 bits per heavy atom. The number of hydrogen-bond donors (Lipinski definition) is 1. The first-order valence-electron chi connectivity index (χ1n) is 7.57. The summed E-state index contributed by atoms with van der Waals surface area (Å²) in [6.07, 6.45) is 4.16. The monoisotopic (exact) mass is 324 g/mol. The number of fused-ring (bicyclic) bond motifs is 1. The van der Waals surface area contributed by atoms with Crippen molar-refractivity contribution in [1.82, 2.24) is 19.9 Å².